The molecule has 0 aromatic heterocycles. The molecule has 0 unspecified atom stereocenters. The van der Waals surface area contributed by atoms with Crippen LogP contribution in [0.4, 0.5) is 11.4 Å². The van der Waals surface area contributed by atoms with Gasteiger partial charge in [-0.2, -0.15) is 0 Å². The summed E-state index contributed by atoms with van der Waals surface area (Å²) in [6.45, 7) is 16.9. The van der Waals surface area contributed by atoms with Gasteiger partial charge in [0.25, 0.3) is 23.6 Å². The quantitative estimate of drug-likeness (QED) is 0.0503. The number of ether oxygens (including phenoxy) is 4. The van der Waals surface area contributed by atoms with Gasteiger partial charge in [0, 0.05) is 48.5 Å². The minimum absolute atomic E-state index is 0.0644. The van der Waals surface area contributed by atoms with Crippen molar-refractivity contribution in [2.75, 3.05) is 9.80 Å². The normalized spacial score (nSPS) is 18.1. The lowest BCUT2D eigenvalue weighted by atomic mass is 9.72. The molecule has 1 spiro atoms. The molecule has 10 heteroatoms. The van der Waals surface area contributed by atoms with Gasteiger partial charge in [0.05, 0.1) is 33.6 Å². The standard InChI is InChI=1S/C96H98N2O8/c1-56(2)63-41-30-42-64(57(3)4)90(63)97-92(99)70-52-77(103-74-45-24-21-38-67(74)60-32-14-9-15-33-60)84-85-78(104-75-46-25-22-39-68(75)61-34-16-10-17-35-61)53-72-83-73(95(102)98(94(72)101)91-65(58(5)6)43-31-44-66(91)59(7)8)55-80(106-81-48-20-12-27-49-96(81)50-28-13-29-51-96)87(89(83)85)86-79(54-71(93(97)100)82(70)88(84)86)105-76-47-26-23-40-69(76)62-36-18-11-19-37-62/h12,20-27,30-31,38-49,52-62H,9-11,13-19,28-29,32-37,50-51H2,1-8H3. The third-order valence-corrected chi connectivity index (χ3v) is 24.9. The third-order valence-electron chi connectivity index (χ3n) is 24.9. The van der Waals surface area contributed by atoms with Crippen molar-refractivity contribution in [3.63, 3.8) is 0 Å². The monoisotopic (exact) mass is 1410 g/mol. The molecule has 2 heterocycles. The van der Waals surface area contributed by atoms with Crippen LogP contribution in [0.5, 0.6) is 40.2 Å². The van der Waals surface area contributed by atoms with E-state index in [1.165, 1.54) is 9.80 Å². The second-order valence-corrected chi connectivity index (χ2v) is 32.8. The molecular weight excluding hydrogens is 1310 g/mol. The fourth-order valence-electron chi connectivity index (χ4n) is 19.6. The average Bonchev–Trinajstić information content (AvgIpc) is 0.675. The number of carbonyl (C=O) groups is 4. The van der Waals surface area contributed by atoms with Crippen molar-refractivity contribution in [3.05, 3.63) is 231 Å². The van der Waals surface area contributed by atoms with E-state index in [1.54, 1.807) is 0 Å². The first kappa shape index (κ1) is 69.3. The van der Waals surface area contributed by atoms with Gasteiger partial charge in [0.15, 0.2) is 0 Å². The Kier molecular flexibility index (Phi) is 18.4. The summed E-state index contributed by atoms with van der Waals surface area (Å²) in [4.78, 5) is 71.0. The molecule has 0 radical (unpaired) electrons. The van der Waals surface area contributed by atoms with Gasteiger partial charge < -0.3 is 18.9 Å². The molecule has 0 saturated heterocycles. The average molecular weight is 1410 g/mol. The molecule has 540 valence electrons. The van der Waals surface area contributed by atoms with E-state index < -0.39 is 29.0 Å². The van der Waals surface area contributed by atoms with Crippen molar-refractivity contribution in [1.82, 2.24) is 0 Å². The van der Waals surface area contributed by atoms with E-state index in [2.05, 4.69) is 146 Å². The van der Waals surface area contributed by atoms with Gasteiger partial charge in [0.1, 0.15) is 46.0 Å². The first-order valence-corrected chi connectivity index (χ1v) is 40.0. The number of para-hydroxylation sites is 5. The van der Waals surface area contributed by atoms with Crippen molar-refractivity contribution >= 4 is 78.1 Å². The number of nitrogens with zero attached hydrogens (tertiary/aromatic N) is 2. The van der Waals surface area contributed by atoms with Crippen LogP contribution in [0.2, 0.25) is 0 Å². The molecular formula is C96H98N2O8. The summed E-state index contributed by atoms with van der Waals surface area (Å²) in [5.41, 5.74) is 8.57. The number of hydrogen-bond donors (Lipinski definition) is 0. The lowest BCUT2D eigenvalue weighted by Crippen LogP contribution is -2.42. The Morgan fingerprint density at radius 2 is 0.632 bits per heavy atom. The summed E-state index contributed by atoms with van der Waals surface area (Å²) in [7, 11) is 0. The minimum Gasteiger partial charge on any atom is -0.460 e. The predicted octanol–water partition coefficient (Wildman–Crippen LogP) is 26.7. The van der Waals surface area contributed by atoms with Crippen LogP contribution in [0, 0.1) is 5.41 Å². The highest BCUT2D eigenvalue weighted by molar-refractivity contribution is 6.48. The van der Waals surface area contributed by atoms with E-state index in [0.29, 0.717) is 100 Å². The number of rotatable bonds is 17. The van der Waals surface area contributed by atoms with E-state index in [9.17, 15) is 0 Å². The van der Waals surface area contributed by atoms with Crippen LogP contribution < -0.4 is 28.7 Å². The molecule has 17 rings (SSSR count). The van der Waals surface area contributed by atoms with Crippen molar-refractivity contribution in [3.8, 4) is 40.2 Å². The van der Waals surface area contributed by atoms with Crippen LogP contribution in [-0.4, -0.2) is 23.6 Å². The Morgan fingerprint density at radius 1 is 0.321 bits per heavy atom. The first-order chi connectivity index (χ1) is 51.6. The maximum atomic E-state index is 17.1. The number of fused-ring (bicyclic) bond motifs is 2. The van der Waals surface area contributed by atoms with Crippen molar-refractivity contribution < 1.29 is 38.1 Å². The first-order valence-electron chi connectivity index (χ1n) is 40.0. The molecule has 4 saturated carbocycles. The van der Waals surface area contributed by atoms with Crippen LogP contribution in [0.3, 0.4) is 0 Å². The summed E-state index contributed by atoms with van der Waals surface area (Å²) in [5.74, 6) is 2.58. The molecule has 0 N–H and O–H groups in total. The Balaban J connectivity index is 1.09. The molecule has 5 aliphatic carbocycles. The van der Waals surface area contributed by atoms with Crippen molar-refractivity contribution in [2.45, 2.75) is 225 Å². The van der Waals surface area contributed by atoms with Gasteiger partial charge in [-0.25, -0.2) is 9.80 Å². The summed E-state index contributed by atoms with van der Waals surface area (Å²) in [6, 6.07) is 45.0. The summed E-state index contributed by atoms with van der Waals surface area (Å²) in [5, 5.41) is 4.16. The lowest BCUT2D eigenvalue weighted by Gasteiger charge is -2.37. The van der Waals surface area contributed by atoms with E-state index in [4.69, 9.17) is 18.9 Å². The fourth-order valence-corrected chi connectivity index (χ4v) is 19.6. The topological polar surface area (TPSA) is 112 Å². The molecule has 0 bridgehead atoms. The Morgan fingerprint density at radius 3 is 0.962 bits per heavy atom. The van der Waals surface area contributed by atoms with Gasteiger partial charge in [-0.05, 0) is 180 Å². The molecule has 2 aliphatic heterocycles. The highest BCUT2D eigenvalue weighted by Crippen LogP contribution is 2.61. The molecule has 7 aliphatic rings. The van der Waals surface area contributed by atoms with Gasteiger partial charge in [-0.15, -0.1) is 0 Å². The van der Waals surface area contributed by atoms with Crippen LogP contribution in [0.15, 0.2) is 170 Å². The van der Waals surface area contributed by atoms with E-state index in [1.807, 2.05) is 72.8 Å². The van der Waals surface area contributed by atoms with E-state index in [-0.39, 0.29) is 58.1 Å². The zero-order valence-electron chi connectivity index (χ0n) is 62.9. The fraction of sp³-hybridized carbons (Fsp3) is 0.375. The van der Waals surface area contributed by atoms with Crippen molar-refractivity contribution in [2.24, 2.45) is 5.41 Å². The number of imide groups is 2. The van der Waals surface area contributed by atoms with E-state index in [0.717, 1.165) is 173 Å². The van der Waals surface area contributed by atoms with Crippen molar-refractivity contribution in [1.29, 1.82) is 0 Å². The lowest BCUT2D eigenvalue weighted by molar-refractivity contribution is 0.0876. The molecule has 0 atom stereocenters. The molecule has 106 heavy (non-hydrogen) atoms. The van der Waals surface area contributed by atoms with Crippen LogP contribution >= 0.6 is 0 Å². The zero-order valence-corrected chi connectivity index (χ0v) is 62.9. The minimum atomic E-state index is -0.523. The second kappa shape index (κ2) is 28.2. The number of allylic oxidation sites excluding steroid dienone is 5. The van der Waals surface area contributed by atoms with E-state index >= 15 is 19.2 Å². The van der Waals surface area contributed by atoms with Gasteiger partial charge in [-0.1, -0.05) is 248 Å². The van der Waals surface area contributed by atoms with Gasteiger partial charge in [0.2, 0.25) is 0 Å². The SMILES string of the molecule is CC(C)c1cccc(C(C)C)c1N1C(=O)c2cc(OC3=CC=CC=CC34CCCCC4)c3c4c(Oc5ccccc5C5CCCCC5)cc5c6c(cc(Oc7ccccc7C7CCCCC7)c(c7c(Oc8ccccc8C8CCCCC8)cc(c2c37)C1=O)c64)C(=O)N(c1c(C(C)C)cccc1C(C)C)C5=O. The maximum Gasteiger partial charge on any atom is 0.266 e. The smallest absolute Gasteiger partial charge is 0.266 e. The Hall–Kier alpha value is -9.80. The second-order valence-electron chi connectivity index (χ2n) is 32.8. The van der Waals surface area contributed by atoms with Gasteiger partial charge in [-0.3, -0.25) is 19.2 Å². The largest absolute Gasteiger partial charge is 0.460 e. The summed E-state index contributed by atoms with van der Waals surface area (Å²) in [6.07, 6.45) is 31.4. The number of hydrogen-bond acceptors (Lipinski definition) is 8. The number of anilines is 2. The molecule has 10 aromatic carbocycles. The van der Waals surface area contributed by atoms with Gasteiger partial charge >= 0.3 is 0 Å². The molecule has 4 fully saturated rings. The highest BCUT2D eigenvalue weighted by Gasteiger charge is 2.46. The third kappa shape index (κ3) is 11.7. The number of benzene rings is 10. The molecule has 10 aromatic rings. The highest BCUT2D eigenvalue weighted by atomic mass is 16.5. The summed E-state index contributed by atoms with van der Waals surface area (Å²) >= 11 is 0. The molecule has 4 amide bonds. The number of carbonyl (C=O) groups excluding carboxylic acids is 4. The predicted molar refractivity (Wildman–Crippen MR) is 429 cm³/mol. The summed E-state index contributed by atoms with van der Waals surface area (Å²) < 4.78 is 31.9. The van der Waals surface area contributed by atoms with Crippen LogP contribution in [0.25, 0.3) is 43.1 Å². The maximum absolute atomic E-state index is 17.1. The molecule has 10 nitrogen and oxygen atoms in total. The van der Waals surface area contributed by atoms with Crippen LogP contribution in [-0.2, 0) is 0 Å². The Bertz CT molecular complexity index is 5210. The Labute approximate surface area is 624 Å². The number of amides is 4. The van der Waals surface area contributed by atoms with Crippen LogP contribution in [0.1, 0.15) is 306 Å². The zero-order chi connectivity index (χ0) is 72.8.